The van der Waals surface area contributed by atoms with Gasteiger partial charge in [0, 0.05) is 5.92 Å². The maximum atomic E-state index is 5.96. The van der Waals surface area contributed by atoms with Crippen molar-refractivity contribution >= 4 is 5.82 Å². The minimum absolute atomic E-state index is 0.550. The summed E-state index contributed by atoms with van der Waals surface area (Å²) in [6.07, 6.45) is 9.05. The van der Waals surface area contributed by atoms with Gasteiger partial charge in [-0.3, -0.25) is 0 Å². The van der Waals surface area contributed by atoms with Crippen molar-refractivity contribution in [2.75, 3.05) is 5.73 Å². The van der Waals surface area contributed by atoms with E-state index >= 15 is 0 Å². The Labute approximate surface area is 103 Å². The summed E-state index contributed by atoms with van der Waals surface area (Å²) in [7, 11) is 0. The molecule has 0 aliphatic heterocycles. The summed E-state index contributed by atoms with van der Waals surface area (Å²) in [4.78, 5) is 0. The van der Waals surface area contributed by atoms with Gasteiger partial charge in [0.2, 0.25) is 0 Å². The van der Waals surface area contributed by atoms with Crippen molar-refractivity contribution < 1.29 is 0 Å². The average molecular weight is 234 g/mol. The first-order chi connectivity index (χ1) is 8.29. The Morgan fingerprint density at radius 1 is 1.29 bits per heavy atom. The third-order valence-corrected chi connectivity index (χ3v) is 4.40. The Balaban J connectivity index is 1.83. The maximum Gasteiger partial charge on any atom is 0.169 e. The van der Waals surface area contributed by atoms with Crippen LogP contribution in [0.3, 0.4) is 0 Å². The second-order valence-electron chi connectivity index (χ2n) is 5.67. The number of rotatable bonds is 3. The van der Waals surface area contributed by atoms with Crippen LogP contribution >= 0.6 is 0 Å². The van der Waals surface area contributed by atoms with Crippen molar-refractivity contribution in [2.24, 2.45) is 5.92 Å². The second-order valence-corrected chi connectivity index (χ2v) is 5.67. The van der Waals surface area contributed by atoms with Crippen LogP contribution in [0.25, 0.3) is 0 Å². The van der Waals surface area contributed by atoms with Crippen molar-refractivity contribution in [1.29, 1.82) is 0 Å². The summed E-state index contributed by atoms with van der Waals surface area (Å²) >= 11 is 0. The maximum absolute atomic E-state index is 5.96. The van der Waals surface area contributed by atoms with E-state index in [0.29, 0.717) is 17.8 Å². The smallest absolute Gasteiger partial charge is 0.169 e. The molecule has 1 aromatic rings. The predicted octanol–water partition coefficient (Wildman–Crippen LogP) is 2.88. The highest BCUT2D eigenvalue weighted by molar-refractivity contribution is 5.38. The molecular weight excluding hydrogens is 212 g/mol. The largest absolute Gasteiger partial charge is 0.381 e. The minimum Gasteiger partial charge on any atom is -0.381 e. The van der Waals surface area contributed by atoms with Crippen molar-refractivity contribution in [1.82, 2.24) is 15.0 Å². The molecule has 0 aromatic carbocycles. The van der Waals surface area contributed by atoms with Gasteiger partial charge in [0.1, 0.15) is 0 Å². The lowest BCUT2D eigenvalue weighted by molar-refractivity contribution is 0.241. The van der Waals surface area contributed by atoms with Crippen molar-refractivity contribution in [3.8, 4) is 0 Å². The van der Waals surface area contributed by atoms with Gasteiger partial charge in [0.15, 0.2) is 5.82 Å². The van der Waals surface area contributed by atoms with Crippen LogP contribution in [0.4, 0.5) is 5.82 Å². The van der Waals surface area contributed by atoms with E-state index in [4.69, 9.17) is 5.73 Å². The molecule has 0 amide bonds. The molecule has 2 N–H and O–H groups in total. The van der Waals surface area contributed by atoms with E-state index in [0.717, 1.165) is 5.92 Å². The van der Waals surface area contributed by atoms with E-state index in [-0.39, 0.29) is 0 Å². The van der Waals surface area contributed by atoms with E-state index in [1.165, 1.54) is 50.6 Å². The quantitative estimate of drug-likeness (QED) is 0.875. The zero-order valence-corrected chi connectivity index (χ0v) is 10.6. The number of hydrogen-bond acceptors (Lipinski definition) is 3. The molecule has 2 aliphatic rings. The molecule has 0 spiro atoms. The molecule has 2 unspecified atom stereocenters. The molecule has 17 heavy (non-hydrogen) atoms. The number of nitrogens with two attached hydrogens (primary N) is 1. The first-order valence-electron chi connectivity index (χ1n) is 7.00. The van der Waals surface area contributed by atoms with Gasteiger partial charge in [-0.15, -0.1) is 5.10 Å². The summed E-state index contributed by atoms with van der Waals surface area (Å²) in [5, 5.41) is 8.41. The molecular formula is C13H22N4. The topological polar surface area (TPSA) is 56.7 Å². The zero-order chi connectivity index (χ0) is 11.8. The second kappa shape index (κ2) is 4.31. The van der Waals surface area contributed by atoms with Crippen LogP contribution < -0.4 is 5.73 Å². The first-order valence-corrected chi connectivity index (χ1v) is 7.00. The molecule has 4 nitrogen and oxygen atoms in total. The van der Waals surface area contributed by atoms with Crippen molar-refractivity contribution in [2.45, 2.75) is 63.8 Å². The number of nitrogens with zero attached hydrogens (tertiary/aromatic N) is 3. The van der Waals surface area contributed by atoms with Gasteiger partial charge in [-0.05, 0) is 31.6 Å². The molecule has 0 saturated heterocycles. The summed E-state index contributed by atoms with van der Waals surface area (Å²) in [6, 6.07) is 0.550. The molecule has 2 saturated carbocycles. The molecule has 4 heteroatoms. The lowest BCUT2D eigenvalue weighted by Crippen LogP contribution is -2.21. The van der Waals surface area contributed by atoms with Gasteiger partial charge in [-0.25, -0.2) is 4.68 Å². The molecule has 1 heterocycles. The third kappa shape index (κ3) is 2.05. The zero-order valence-electron chi connectivity index (χ0n) is 10.6. The third-order valence-electron chi connectivity index (χ3n) is 4.40. The van der Waals surface area contributed by atoms with Gasteiger partial charge >= 0.3 is 0 Å². The molecule has 0 bridgehead atoms. The molecule has 3 rings (SSSR count). The van der Waals surface area contributed by atoms with Crippen LogP contribution in [0.1, 0.15) is 69.5 Å². The van der Waals surface area contributed by atoms with Crippen LogP contribution in [-0.4, -0.2) is 15.0 Å². The van der Waals surface area contributed by atoms with Gasteiger partial charge < -0.3 is 5.73 Å². The summed E-state index contributed by atoms with van der Waals surface area (Å²) in [5.41, 5.74) is 7.19. The van der Waals surface area contributed by atoms with Crippen molar-refractivity contribution in [3.63, 3.8) is 0 Å². The molecule has 2 aliphatic carbocycles. The van der Waals surface area contributed by atoms with Crippen LogP contribution in [0, 0.1) is 5.92 Å². The van der Waals surface area contributed by atoms with E-state index < -0.39 is 0 Å². The van der Waals surface area contributed by atoms with Crippen LogP contribution in [0.5, 0.6) is 0 Å². The molecule has 1 aromatic heterocycles. The number of nitrogen functional groups attached to an aromatic ring is 1. The van der Waals surface area contributed by atoms with Crippen LogP contribution in [0.15, 0.2) is 0 Å². The highest BCUT2D eigenvalue weighted by Gasteiger charge is 2.34. The fraction of sp³-hybridized carbons (Fsp3) is 0.846. The molecule has 2 atom stereocenters. The lowest BCUT2D eigenvalue weighted by atomic mass is 9.84. The Hall–Kier alpha value is -1.06. The fourth-order valence-electron chi connectivity index (χ4n) is 3.19. The first kappa shape index (κ1) is 11.1. The summed E-state index contributed by atoms with van der Waals surface area (Å²) < 4.78 is 2.16. The van der Waals surface area contributed by atoms with Gasteiger partial charge in [-0.2, -0.15) is 0 Å². The molecule has 0 radical (unpaired) electrons. The fourth-order valence-corrected chi connectivity index (χ4v) is 3.19. The van der Waals surface area contributed by atoms with Crippen LogP contribution in [0.2, 0.25) is 0 Å². The van der Waals surface area contributed by atoms with E-state index in [1.54, 1.807) is 0 Å². The summed E-state index contributed by atoms with van der Waals surface area (Å²) in [6.45, 7) is 2.30. The Morgan fingerprint density at radius 2 is 2.12 bits per heavy atom. The van der Waals surface area contributed by atoms with Gasteiger partial charge in [0.25, 0.3) is 0 Å². The normalized spacial score (nSPS) is 29.5. The van der Waals surface area contributed by atoms with Gasteiger partial charge in [0.05, 0.1) is 11.7 Å². The van der Waals surface area contributed by atoms with Crippen LogP contribution in [-0.2, 0) is 0 Å². The Kier molecular flexibility index (Phi) is 2.81. The van der Waals surface area contributed by atoms with Gasteiger partial charge in [-0.1, -0.05) is 31.4 Å². The number of hydrogen-bond donors (Lipinski definition) is 1. The number of anilines is 1. The summed E-state index contributed by atoms with van der Waals surface area (Å²) in [5.74, 6) is 2.18. The highest BCUT2D eigenvalue weighted by Crippen LogP contribution is 2.44. The minimum atomic E-state index is 0.550. The highest BCUT2D eigenvalue weighted by atomic mass is 15.5. The average Bonchev–Trinajstić information content (AvgIpc) is 3.12. The number of aromatic nitrogens is 3. The van der Waals surface area contributed by atoms with E-state index in [9.17, 15) is 0 Å². The van der Waals surface area contributed by atoms with E-state index in [2.05, 4.69) is 21.9 Å². The predicted molar refractivity (Wildman–Crippen MR) is 67.7 cm³/mol. The van der Waals surface area contributed by atoms with Crippen molar-refractivity contribution in [3.05, 3.63) is 5.69 Å². The Bertz CT molecular complexity index is 394. The lowest BCUT2D eigenvalue weighted by Gasteiger charge is -2.29. The molecule has 2 fully saturated rings. The monoisotopic (exact) mass is 234 g/mol. The Morgan fingerprint density at radius 3 is 2.82 bits per heavy atom. The van der Waals surface area contributed by atoms with E-state index in [1.807, 2.05) is 0 Å². The standard InChI is InChI=1S/C13H22N4/c1-2-9-4-3-5-11(8-9)17-12(10-6-7-10)13(14)15-16-17/h9-11H,2-8,14H2,1H3. The SMILES string of the molecule is CCC1CCCC(n2nnc(N)c2C2CC2)C1. The molecule has 94 valence electrons.